The van der Waals surface area contributed by atoms with Crippen molar-refractivity contribution in [2.75, 3.05) is 0 Å². The van der Waals surface area contributed by atoms with Gasteiger partial charge in [0.05, 0.1) is 0 Å². The number of hydrogen-bond acceptors (Lipinski definition) is 2. The molecule has 3 nitrogen and oxygen atoms in total. The molecule has 1 aromatic carbocycles. The summed E-state index contributed by atoms with van der Waals surface area (Å²) in [6.07, 6.45) is 5.07. The first-order chi connectivity index (χ1) is 8.13. The minimum Gasteiger partial charge on any atom is -0.410 e. The van der Waals surface area contributed by atoms with Crippen LogP contribution in [-0.4, -0.2) is 6.09 Å². The van der Waals surface area contributed by atoms with E-state index in [4.69, 9.17) is 4.74 Å². The zero-order valence-electron chi connectivity index (χ0n) is 10.6. The molecule has 0 aliphatic rings. The van der Waals surface area contributed by atoms with Crippen LogP contribution in [0.25, 0.3) is 0 Å². The molecule has 0 aliphatic carbocycles. The van der Waals surface area contributed by atoms with E-state index in [9.17, 15) is 4.79 Å². The van der Waals surface area contributed by atoms with Crippen molar-refractivity contribution in [1.29, 1.82) is 0 Å². The zero-order chi connectivity index (χ0) is 12.7. The van der Waals surface area contributed by atoms with Crippen LogP contribution in [0.1, 0.15) is 30.9 Å². The molecule has 1 rings (SSSR count). The number of allylic oxidation sites excluding steroid dienone is 1. The van der Waals surface area contributed by atoms with E-state index in [1.165, 1.54) is 5.56 Å². The van der Waals surface area contributed by atoms with Gasteiger partial charge in [-0.1, -0.05) is 25.5 Å². The van der Waals surface area contributed by atoms with Crippen molar-refractivity contribution in [3.8, 4) is 5.75 Å². The summed E-state index contributed by atoms with van der Waals surface area (Å²) in [5, 5.41) is 2.56. The Kier molecular flexibility index (Phi) is 5.27. The Hall–Kier alpha value is -1.77. The third-order valence-corrected chi connectivity index (χ3v) is 2.46. The monoisotopic (exact) mass is 233 g/mol. The van der Waals surface area contributed by atoms with Gasteiger partial charge in [-0.15, -0.1) is 0 Å². The van der Waals surface area contributed by atoms with Gasteiger partial charge >= 0.3 is 6.09 Å². The lowest BCUT2D eigenvalue weighted by Crippen LogP contribution is -2.21. The lowest BCUT2D eigenvalue weighted by atomic mass is 10.1. The van der Waals surface area contributed by atoms with Crippen LogP contribution in [0.5, 0.6) is 5.75 Å². The fourth-order valence-corrected chi connectivity index (χ4v) is 1.29. The molecule has 0 bridgehead atoms. The summed E-state index contributed by atoms with van der Waals surface area (Å²) >= 11 is 0. The topological polar surface area (TPSA) is 38.3 Å². The van der Waals surface area contributed by atoms with Gasteiger partial charge in [0.1, 0.15) is 5.75 Å². The third kappa shape index (κ3) is 4.72. The summed E-state index contributed by atoms with van der Waals surface area (Å²) in [4.78, 5) is 11.4. The number of amides is 1. The highest BCUT2D eigenvalue weighted by Gasteiger charge is 2.02. The molecule has 0 saturated heterocycles. The second-order valence-corrected chi connectivity index (χ2v) is 3.97. The van der Waals surface area contributed by atoms with Gasteiger partial charge in [0, 0.05) is 6.20 Å². The fraction of sp³-hybridized carbons (Fsp3) is 0.357. The summed E-state index contributed by atoms with van der Waals surface area (Å²) in [6, 6.07) is 5.58. The number of unbranched alkanes of at least 4 members (excludes halogenated alkanes) is 1. The van der Waals surface area contributed by atoms with Crippen LogP contribution in [0.3, 0.4) is 0 Å². The van der Waals surface area contributed by atoms with E-state index in [0.29, 0.717) is 5.75 Å². The Morgan fingerprint density at radius 3 is 2.76 bits per heavy atom. The maximum atomic E-state index is 11.4. The molecule has 0 unspecified atom stereocenters. The second-order valence-electron chi connectivity index (χ2n) is 3.97. The molecule has 17 heavy (non-hydrogen) atoms. The molecule has 1 aromatic rings. The second kappa shape index (κ2) is 6.74. The molecule has 1 N–H and O–H groups in total. The van der Waals surface area contributed by atoms with Crippen molar-refractivity contribution in [2.45, 2.75) is 33.6 Å². The van der Waals surface area contributed by atoms with Crippen molar-refractivity contribution in [3.63, 3.8) is 0 Å². The maximum absolute atomic E-state index is 11.4. The number of benzene rings is 1. The Balaban J connectivity index is 2.48. The average Bonchev–Trinajstić information content (AvgIpc) is 2.30. The largest absolute Gasteiger partial charge is 0.416 e. The highest BCUT2D eigenvalue weighted by Crippen LogP contribution is 2.16. The molecule has 0 atom stereocenters. The van der Waals surface area contributed by atoms with Crippen LogP contribution in [0.2, 0.25) is 0 Å². The predicted octanol–water partition coefficient (Wildman–Crippen LogP) is 3.71. The Morgan fingerprint density at radius 2 is 2.12 bits per heavy atom. The number of carbonyl (C=O) groups is 1. The van der Waals surface area contributed by atoms with Gasteiger partial charge in [0.25, 0.3) is 0 Å². The Bertz CT molecular complexity index is 411. The number of nitrogens with one attached hydrogen (secondary N) is 1. The molecule has 0 radical (unpaired) electrons. The van der Waals surface area contributed by atoms with E-state index >= 15 is 0 Å². The Morgan fingerprint density at radius 1 is 1.35 bits per heavy atom. The van der Waals surface area contributed by atoms with Crippen LogP contribution in [0.4, 0.5) is 4.79 Å². The molecule has 0 spiro atoms. The standard InChI is InChI=1S/C14H19NO2/c1-4-5-6-9-15-14(16)17-13-8-7-11(2)12(3)10-13/h6-10H,4-5H2,1-3H3,(H,15,16). The summed E-state index contributed by atoms with van der Waals surface area (Å²) < 4.78 is 5.13. The van der Waals surface area contributed by atoms with E-state index in [1.54, 1.807) is 12.3 Å². The SMILES string of the molecule is CCCC=CNC(=O)Oc1ccc(C)c(C)c1. The lowest BCUT2D eigenvalue weighted by molar-refractivity contribution is 0.204. The normalized spacial score (nSPS) is 10.5. The molecule has 0 saturated carbocycles. The van der Waals surface area contributed by atoms with Crippen LogP contribution in [-0.2, 0) is 0 Å². The minimum absolute atomic E-state index is 0.458. The molecule has 0 heterocycles. The van der Waals surface area contributed by atoms with Crippen molar-refractivity contribution < 1.29 is 9.53 Å². The number of carbonyl (C=O) groups excluding carboxylic acids is 1. The van der Waals surface area contributed by atoms with Crippen LogP contribution >= 0.6 is 0 Å². The van der Waals surface area contributed by atoms with Gasteiger partial charge in [0.2, 0.25) is 0 Å². The summed E-state index contributed by atoms with van der Waals surface area (Å²) in [7, 11) is 0. The lowest BCUT2D eigenvalue weighted by Gasteiger charge is -2.06. The molecule has 3 heteroatoms. The Labute approximate surface area is 102 Å². The molecular formula is C14H19NO2. The first-order valence-electron chi connectivity index (χ1n) is 5.84. The minimum atomic E-state index is -0.458. The molecule has 0 aliphatic heterocycles. The van der Waals surface area contributed by atoms with Gasteiger partial charge in [0.15, 0.2) is 0 Å². The predicted molar refractivity (Wildman–Crippen MR) is 69.1 cm³/mol. The number of hydrogen-bond donors (Lipinski definition) is 1. The quantitative estimate of drug-likeness (QED) is 0.861. The smallest absolute Gasteiger partial charge is 0.410 e. The van der Waals surface area contributed by atoms with Crippen LogP contribution < -0.4 is 10.1 Å². The molecule has 0 aromatic heterocycles. The molecule has 0 fully saturated rings. The highest BCUT2D eigenvalue weighted by atomic mass is 16.5. The summed E-state index contributed by atoms with van der Waals surface area (Å²) in [5.74, 6) is 0.564. The van der Waals surface area contributed by atoms with Gasteiger partial charge in [-0.2, -0.15) is 0 Å². The molecule has 1 amide bonds. The van der Waals surface area contributed by atoms with Crippen molar-refractivity contribution in [3.05, 3.63) is 41.6 Å². The molecular weight excluding hydrogens is 214 g/mol. The van der Waals surface area contributed by atoms with E-state index in [1.807, 2.05) is 32.1 Å². The van der Waals surface area contributed by atoms with E-state index in [0.717, 1.165) is 18.4 Å². The maximum Gasteiger partial charge on any atom is 0.416 e. The van der Waals surface area contributed by atoms with Gasteiger partial charge in [-0.05, 0) is 43.5 Å². The first-order valence-corrected chi connectivity index (χ1v) is 5.84. The summed E-state index contributed by atoms with van der Waals surface area (Å²) in [5.41, 5.74) is 2.29. The summed E-state index contributed by atoms with van der Waals surface area (Å²) in [6.45, 7) is 6.09. The van der Waals surface area contributed by atoms with E-state index in [-0.39, 0.29) is 0 Å². The average molecular weight is 233 g/mol. The van der Waals surface area contributed by atoms with Gasteiger partial charge in [-0.25, -0.2) is 4.79 Å². The highest BCUT2D eigenvalue weighted by molar-refractivity contribution is 5.71. The van der Waals surface area contributed by atoms with Crippen molar-refractivity contribution >= 4 is 6.09 Å². The van der Waals surface area contributed by atoms with E-state index in [2.05, 4.69) is 12.2 Å². The number of aryl methyl sites for hydroxylation is 2. The van der Waals surface area contributed by atoms with Gasteiger partial charge in [-0.3, -0.25) is 5.32 Å². The van der Waals surface area contributed by atoms with Crippen molar-refractivity contribution in [1.82, 2.24) is 5.32 Å². The first kappa shape index (κ1) is 13.3. The van der Waals surface area contributed by atoms with Crippen LogP contribution in [0, 0.1) is 13.8 Å². The van der Waals surface area contributed by atoms with E-state index < -0.39 is 6.09 Å². The fourth-order valence-electron chi connectivity index (χ4n) is 1.29. The third-order valence-electron chi connectivity index (χ3n) is 2.46. The van der Waals surface area contributed by atoms with Crippen molar-refractivity contribution in [2.24, 2.45) is 0 Å². The van der Waals surface area contributed by atoms with Crippen LogP contribution in [0.15, 0.2) is 30.5 Å². The van der Waals surface area contributed by atoms with Gasteiger partial charge < -0.3 is 4.74 Å². The number of ether oxygens (including phenoxy) is 1. The number of rotatable bonds is 4. The molecule has 92 valence electrons. The zero-order valence-corrected chi connectivity index (χ0v) is 10.6.